The second-order valence-electron chi connectivity index (χ2n) is 3.04. The predicted molar refractivity (Wildman–Crippen MR) is 66.5 cm³/mol. The van der Waals surface area contributed by atoms with Crippen LogP contribution in [0.4, 0.5) is 4.79 Å². The number of hydrazone groups is 1. The van der Waals surface area contributed by atoms with Gasteiger partial charge in [-0.15, -0.1) is 0 Å². The molecule has 86 valence electrons. The van der Waals surface area contributed by atoms with Gasteiger partial charge in [0.2, 0.25) is 0 Å². The maximum Gasteiger partial charge on any atom is 0.427 e. The molecule has 0 saturated heterocycles. The Kier molecular flexibility index (Phi) is 4.98. The Bertz CT molecular complexity index is 405. The molecular formula is C11H13BrN2O2. The number of rotatable bonds is 3. The molecule has 1 aromatic rings. The van der Waals surface area contributed by atoms with Crippen molar-refractivity contribution in [2.75, 3.05) is 6.61 Å². The van der Waals surface area contributed by atoms with Gasteiger partial charge in [-0.2, -0.15) is 5.10 Å². The molecule has 0 fully saturated rings. The summed E-state index contributed by atoms with van der Waals surface area (Å²) in [7, 11) is 0. The van der Waals surface area contributed by atoms with E-state index >= 15 is 0 Å². The Balaban J connectivity index is 2.67. The second-order valence-corrected chi connectivity index (χ2v) is 3.96. The van der Waals surface area contributed by atoms with E-state index in [0.717, 1.165) is 10.0 Å². The van der Waals surface area contributed by atoms with E-state index in [2.05, 4.69) is 31.2 Å². The van der Waals surface area contributed by atoms with Crippen molar-refractivity contribution in [2.24, 2.45) is 5.10 Å². The van der Waals surface area contributed by atoms with Crippen LogP contribution in [-0.2, 0) is 4.74 Å². The molecule has 1 amide bonds. The first-order valence-corrected chi connectivity index (χ1v) is 5.65. The van der Waals surface area contributed by atoms with E-state index in [1.807, 2.05) is 31.2 Å². The molecule has 0 aromatic heterocycles. The van der Waals surface area contributed by atoms with Crippen LogP contribution in [0, 0.1) is 0 Å². The number of hydrogen-bond acceptors (Lipinski definition) is 3. The molecule has 0 aliphatic rings. The highest BCUT2D eigenvalue weighted by molar-refractivity contribution is 9.10. The molecule has 5 heteroatoms. The van der Waals surface area contributed by atoms with Gasteiger partial charge in [0.15, 0.2) is 0 Å². The normalized spacial score (nSPS) is 11.1. The van der Waals surface area contributed by atoms with Crippen molar-refractivity contribution in [1.29, 1.82) is 0 Å². The van der Waals surface area contributed by atoms with Crippen LogP contribution < -0.4 is 5.43 Å². The standard InChI is InChI=1S/C11H13BrN2O2/c1-3-16-11(15)14-13-8(2)9-5-4-6-10(12)7-9/h4-7H,3H2,1-2H3,(H,14,15)/b13-8-. The summed E-state index contributed by atoms with van der Waals surface area (Å²) in [4.78, 5) is 11.0. The number of benzene rings is 1. The first-order chi connectivity index (χ1) is 7.63. The fraction of sp³-hybridized carbons (Fsp3) is 0.273. The zero-order valence-corrected chi connectivity index (χ0v) is 10.7. The molecule has 16 heavy (non-hydrogen) atoms. The third-order valence-electron chi connectivity index (χ3n) is 1.83. The van der Waals surface area contributed by atoms with Gasteiger partial charge in [0.25, 0.3) is 0 Å². The van der Waals surface area contributed by atoms with Gasteiger partial charge < -0.3 is 4.74 Å². The summed E-state index contributed by atoms with van der Waals surface area (Å²) in [6, 6.07) is 7.67. The van der Waals surface area contributed by atoms with Crippen LogP contribution >= 0.6 is 15.9 Å². The van der Waals surface area contributed by atoms with Crippen molar-refractivity contribution in [2.45, 2.75) is 13.8 Å². The second kappa shape index (κ2) is 6.27. The molecule has 0 aliphatic carbocycles. The molecule has 0 unspecified atom stereocenters. The maximum absolute atomic E-state index is 11.0. The molecule has 1 aromatic carbocycles. The van der Waals surface area contributed by atoms with Gasteiger partial charge in [-0.3, -0.25) is 0 Å². The summed E-state index contributed by atoms with van der Waals surface area (Å²) >= 11 is 3.37. The zero-order valence-electron chi connectivity index (χ0n) is 9.16. The topological polar surface area (TPSA) is 50.7 Å². The van der Waals surface area contributed by atoms with Crippen molar-refractivity contribution in [3.8, 4) is 0 Å². The highest BCUT2D eigenvalue weighted by atomic mass is 79.9. The third kappa shape index (κ3) is 4.02. The predicted octanol–water partition coefficient (Wildman–Crippen LogP) is 2.92. The lowest BCUT2D eigenvalue weighted by Gasteiger charge is -2.03. The number of hydrogen-bond donors (Lipinski definition) is 1. The third-order valence-corrected chi connectivity index (χ3v) is 2.33. The lowest BCUT2D eigenvalue weighted by atomic mass is 10.1. The number of nitrogens with one attached hydrogen (secondary N) is 1. The molecule has 1 N–H and O–H groups in total. The van der Waals surface area contributed by atoms with Crippen LogP contribution in [0.5, 0.6) is 0 Å². The Morgan fingerprint density at radius 2 is 2.31 bits per heavy atom. The van der Waals surface area contributed by atoms with Crippen molar-refractivity contribution in [3.05, 3.63) is 34.3 Å². The first kappa shape index (κ1) is 12.7. The number of amides is 1. The fourth-order valence-corrected chi connectivity index (χ4v) is 1.47. The van der Waals surface area contributed by atoms with Gasteiger partial charge in [0, 0.05) is 4.47 Å². The summed E-state index contributed by atoms with van der Waals surface area (Å²) in [5.74, 6) is 0. The molecule has 0 saturated carbocycles. The highest BCUT2D eigenvalue weighted by Gasteiger charge is 2.00. The maximum atomic E-state index is 11.0. The Morgan fingerprint density at radius 3 is 2.94 bits per heavy atom. The monoisotopic (exact) mass is 284 g/mol. The van der Waals surface area contributed by atoms with Crippen LogP contribution in [0.25, 0.3) is 0 Å². The molecule has 4 nitrogen and oxygen atoms in total. The number of nitrogens with zero attached hydrogens (tertiary/aromatic N) is 1. The van der Waals surface area contributed by atoms with Crippen molar-refractivity contribution in [1.82, 2.24) is 5.43 Å². The lowest BCUT2D eigenvalue weighted by molar-refractivity contribution is 0.152. The van der Waals surface area contributed by atoms with Gasteiger partial charge in [-0.1, -0.05) is 28.1 Å². The first-order valence-electron chi connectivity index (χ1n) is 4.86. The van der Waals surface area contributed by atoms with Crippen LogP contribution in [0.1, 0.15) is 19.4 Å². The SMILES string of the molecule is CCOC(=O)N/N=C(/C)c1cccc(Br)c1. The van der Waals surface area contributed by atoms with E-state index in [4.69, 9.17) is 0 Å². The summed E-state index contributed by atoms with van der Waals surface area (Å²) < 4.78 is 5.65. The molecule has 0 heterocycles. The number of ether oxygens (including phenoxy) is 1. The van der Waals surface area contributed by atoms with E-state index in [1.165, 1.54) is 0 Å². The Morgan fingerprint density at radius 1 is 1.56 bits per heavy atom. The molecular weight excluding hydrogens is 272 g/mol. The minimum absolute atomic E-state index is 0.331. The van der Waals surface area contributed by atoms with Gasteiger partial charge in [0.1, 0.15) is 0 Å². The number of carbonyl (C=O) groups excluding carboxylic acids is 1. The molecule has 0 aliphatic heterocycles. The van der Waals surface area contributed by atoms with Crippen molar-refractivity contribution >= 4 is 27.7 Å². The molecule has 1 rings (SSSR count). The van der Waals surface area contributed by atoms with E-state index in [9.17, 15) is 4.79 Å². The molecule has 0 atom stereocenters. The summed E-state index contributed by atoms with van der Waals surface area (Å²) in [5, 5.41) is 3.93. The lowest BCUT2D eigenvalue weighted by Crippen LogP contribution is -2.20. The summed E-state index contributed by atoms with van der Waals surface area (Å²) in [6.07, 6.45) is -0.545. The molecule has 0 bridgehead atoms. The summed E-state index contributed by atoms with van der Waals surface area (Å²) in [6.45, 7) is 3.88. The van der Waals surface area contributed by atoms with Crippen molar-refractivity contribution < 1.29 is 9.53 Å². The average Bonchev–Trinajstić information content (AvgIpc) is 2.26. The van der Waals surface area contributed by atoms with Crippen molar-refractivity contribution in [3.63, 3.8) is 0 Å². The Labute approximate surface area is 103 Å². The van der Waals surface area contributed by atoms with Gasteiger partial charge in [-0.25, -0.2) is 10.2 Å². The van der Waals surface area contributed by atoms with E-state index in [0.29, 0.717) is 12.3 Å². The molecule has 0 spiro atoms. The Hall–Kier alpha value is -1.36. The van der Waals surface area contributed by atoms with Crippen LogP contribution in [-0.4, -0.2) is 18.4 Å². The quantitative estimate of drug-likeness (QED) is 0.685. The molecule has 0 radical (unpaired) electrons. The van der Waals surface area contributed by atoms with Crippen LogP contribution in [0.3, 0.4) is 0 Å². The number of carbonyl (C=O) groups is 1. The highest BCUT2D eigenvalue weighted by Crippen LogP contribution is 2.12. The minimum atomic E-state index is -0.545. The van der Waals surface area contributed by atoms with Gasteiger partial charge >= 0.3 is 6.09 Å². The minimum Gasteiger partial charge on any atom is -0.449 e. The largest absolute Gasteiger partial charge is 0.449 e. The average molecular weight is 285 g/mol. The zero-order chi connectivity index (χ0) is 12.0. The van der Waals surface area contributed by atoms with Gasteiger partial charge in [-0.05, 0) is 31.5 Å². The van der Waals surface area contributed by atoms with Gasteiger partial charge in [0.05, 0.1) is 12.3 Å². The van der Waals surface area contributed by atoms with Crippen LogP contribution in [0.15, 0.2) is 33.8 Å². The number of halogens is 1. The smallest absolute Gasteiger partial charge is 0.427 e. The van der Waals surface area contributed by atoms with E-state index < -0.39 is 6.09 Å². The van der Waals surface area contributed by atoms with Crippen LogP contribution in [0.2, 0.25) is 0 Å². The fourth-order valence-electron chi connectivity index (χ4n) is 1.07. The van der Waals surface area contributed by atoms with E-state index in [1.54, 1.807) is 6.92 Å². The summed E-state index contributed by atoms with van der Waals surface area (Å²) in [5.41, 5.74) is 3.97. The van der Waals surface area contributed by atoms with E-state index in [-0.39, 0.29) is 0 Å².